The number of aliphatic carboxylic acids is 1. The summed E-state index contributed by atoms with van der Waals surface area (Å²) >= 11 is 0. The lowest BCUT2D eigenvalue weighted by Gasteiger charge is -2.36. The van der Waals surface area contributed by atoms with Crippen LogP contribution < -0.4 is 5.32 Å². The second kappa shape index (κ2) is 5.71. The van der Waals surface area contributed by atoms with Gasteiger partial charge in [-0.15, -0.1) is 12.4 Å². The third-order valence-corrected chi connectivity index (χ3v) is 3.06. The van der Waals surface area contributed by atoms with Crippen molar-refractivity contribution in [2.45, 2.75) is 58.5 Å². The van der Waals surface area contributed by atoms with E-state index in [2.05, 4.69) is 19.2 Å². The fourth-order valence-corrected chi connectivity index (χ4v) is 2.27. The van der Waals surface area contributed by atoms with Crippen LogP contribution in [0.25, 0.3) is 0 Å². The second-order valence-electron chi connectivity index (χ2n) is 5.18. The van der Waals surface area contributed by atoms with Gasteiger partial charge in [-0.1, -0.05) is 20.3 Å². The van der Waals surface area contributed by atoms with Crippen LogP contribution >= 0.6 is 12.4 Å². The lowest BCUT2D eigenvalue weighted by molar-refractivity contribution is -0.139. The number of hydrogen-bond acceptors (Lipinski definition) is 2. The highest BCUT2D eigenvalue weighted by molar-refractivity contribution is 5.85. The fourth-order valence-electron chi connectivity index (χ4n) is 2.27. The first-order chi connectivity index (χ1) is 6.41. The van der Waals surface area contributed by atoms with E-state index < -0.39 is 12.0 Å². The fraction of sp³-hybridized carbons (Fsp3) is 0.909. The second-order valence-corrected chi connectivity index (χ2v) is 5.18. The standard InChI is InChI=1S/C11H21NO2.ClH/c1-8(10(13)14)12-9-5-4-6-11(2,3)7-9;/h8-9,12H,4-7H2,1-3H3,(H,13,14);1H/t8-,9?;/m0./s1. The van der Waals surface area contributed by atoms with Crippen molar-refractivity contribution in [3.8, 4) is 0 Å². The summed E-state index contributed by atoms with van der Waals surface area (Å²) in [6.45, 7) is 6.22. The Labute approximate surface area is 98.0 Å². The molecule has 0 aromatic heterocycles. The van der Waals surface area contributed by atoms with Gasteiger partial charge in [-0.25, -0.2) is 0 Å². The van der Waals surface area contributed by atoms with E-state index in [0.29, 0.717) is 11.5 Å². The molecular formula is C11H22ClNO2. The molecule has 0 radical (unpaired) electrons. The lowest BCUT2D eigenvalue weighted by atomic mass is 9.75. The molecule has 3 nitrogen and oxygen atoms in total. The van der Waals surface area contributed by atoms with Crippen molar-refractivity contribution in [2.24, 2.45) is 5.41 Å². The van der Waals surface area contributed by atoms with E-state index in [0.717, 1.165) is 12.8 Å². The molecule has 0 amide bonds. The summed E-state index contributed by atoms with van der Waals surface area (Å²) in [5.41, 5.74) is 0.369. The molecule has 1 rings (SSSR count). The van der Waals surface area contributed by atoms with Gasteiger partial charge in [0.2, 0.25) is 0 Å². The molecule has 1 aliphatic carbocycles. The number of halogens is 1. The van der Waals surface area contributed by atoms with Crippen molar-refractivity contribution in [3.63, 3.8) is 0 Å². The van der Waals surface area contributed by atoms with Crippen LogP contribution in [-0.4, -0.2) is 23.2 Å². The van der Waals surface area contributed by atoms with Gasteiger partial charge >= 0.3 is 5.97 Å². The van der Waals surface area contributed by atoms with E-state index in [1.807, 2.05) is 0 Å². The van der Waals surface area contributed by atoms with Gasteiger partial charge < -0.3 is 10.4 Å². The molecule has 4 heteroatoms. The maximum absolute atomic E-state index is 10.7. The van der Waals surface area contributed by atoms with Crippen molar-refractivity contribution < 1.29 is 9.90 Å². The molecule has 0 aromatic carbocycles. The number of carbonyl (C=O) groups is 1. The molecule has 1 fully saturated rings. The minimum atomic E-state index is -0.756. The van der Waals surface area contributed by atoms with E-state index in [1.54, 1.807) is 6.92 Å². The van der Waals surface area contributed by atoms with E-state index in [1.165, 1.54) is 12.8 Å². The maximum Gasteiger partial charge on any atom is 0.320 e. The van der Waals surface area contributed by atoms with Gasteiger partial charge in [0.15, 0.2) is 0 Å². The van der Waals surface area contributed by atoms with E-state index in [-0.39, 0.29) is 12.4 Å². The molecule has 1 aliphatic rings. The van der Waals surface area contributed by atoms with Crippen molar-refractivity contribution >= 4 is 18.4 Å². The Morgan fingerprint density at radius 3 is 2.60 bits per heavy atom. The quantitative estimate of drug-likeness (QED) is 0.790. The molecule has 90 valence electrons. The lowest BCUT2D eigenvalue weighted by Crippen LogP contribution is -2.45. The van der Waals surface area contributed by atoms with E-state index in [4.69, 9.17) is 5.11 Å². The van der Waals surface area contributed by atoms with Gasteiger partial charge in [-0.05, 0) is 31.6 Å². The molecule has 1 unspecified atom stereocenters. The zero-order valence-electron chi connectivity index (χ0n) is 9.75. The van der Waals surface area contributed by atoms with Crippen LogP contribution in [0.2, 0.25) is 0 Å². The minimum absolute atomic E-state index is 0. The molecule has 0 heterocycles. The maximum atomic E-state index is 10.7. The summed E-state index contributed by atoms with van der Waals surface area (Å²) in [6, 6.07) is -0.0428. The average molecular weight is 236 g/mol. The van der Waals surface area contributed by atoms with Gasteiger partial charge in [0.05, 0.1) is 0 Å². The highest BCUT2D eigenvalue weighted by atomic mass is 35.5. The Kier molecular flexibility index (Phi) is 5.60. The largest absolute Gasteiger partial charge is 0.480 e. The number of nitrogens with one attached hydrogen (secondary N) is 1. The normalized spacial score (nSPS) is 26.5. The van der Waals surface area contributed by atoms with Crippen molar-refractivity contribution in [3.05, 3.63) is 0 Å². The Hall–Kier alpha value is -0.280. The SMILES string of the molecule is C[C@H](NC1CCCC(C)(C)C1)C(=O)O.Cl. The molecule has 0 spiro atoms. The minimum Gasteiger partial charge on any atom is -0.480 e. The number of hydrogen-bond donors (Lipinski definition) is 2. The van der Waals surface area contributed by atoms with E-state index in [9.17, 15) is 4.79 Å². The van der Waals surface area contributed by atoms with Gasteiger partial charge in [-0.2, -0.15) is 0 Å². The third-order valence-electron chi connectivity index (χ3n) is 3.06. The molecule has 0 aliphatic heterocycles. The molecule has 2 atom stereocenters. The smallest absolute Gasteiger partial charge is 0.320 e. The molecule has 0 aromatic rings. The van der Waals surface area contributed by atoms with Gasteiger partial charge in [-0.3, -0.25) is 4.79 Å². The highest BCUT2D eigenvalue weighted by Gasteiger charge is 2.29. The van der Waals surface area contributed by atoms with Crippen molar-refractivity contribution in [1.29, 1.82) is 0 Å². The van der Waals surface area contributed by atoms with Gasteiger partial charge in [0.1, 0.15) is 6.04 Å². The van der Waals surface area contributed by atoms with Crippen LogP contribution in [0.3, 0.4) is 0 Å². The van der Waals surface area contributed by atoms with Crippen LogP contribution in [0.1, 0.15) is 46.5 Å². The molecule has 2 N–H and O–H groups in total. The van der Waals surface area contributed by atoms with Gasteiger partial charge in [0, 0.05) is 6.04 Å². The number of rotatable bonds is 3. The predicted molar refractivity (Wildman–Crippen MR) is 63.5 cm³/mol. The Morgan fingerprint density at radius 2 is 2.13 bits per heavy atom. The number of carboxylic acids is 1. The summed E-state index contributed by atoms with van der Waals surface area (Å²) in [5.74, 6) is -0.756. The summed E-state index contributed by atoms with van der Waals surface area (Å²) in [5, 5.41) is 12.0. The summed E-state index contributed by atoms with van der Waals surface area (Å²) in [7, 11) is 0. The first-order valence-corrected chi connectivity index (χ1v) is 5.39. The van der Waals surface area contributed by atoms with Crippen LogP contribution in [-0.2, 0) is 4.79 Å². The molecule has 0 saturated heterocycles. The van der Waals surface area contributed by atoms with Crippen LogP contribution in [0.5, 0.6) is 0 Å². The molecule has 0 bridgehead atoms. The molecular weight excluding hydrogens is 214 g/mol. The zero-order chi connectivity index (χ0) is 10.8. The van der Waals surface area contributed by atoms with Crippen molar-refractivity contribution in [2.75, 3.05) is 0 Å². The number of carboxylic acid groups (broad SMARTS) is 1. The van der Waals surface area contributed by atoms with Crippen LogP contribution in [0.15, 0.2) is 0 Å². The summed E-state index contributed by atoms with van der Waals surface area (Å²) in [6.07, 6.45) is 4.66. The Morgan fingerprint density at radius 1 is 1.53 bits per heavy atom. The predicted octanol–water partition coefficient (Wildman–Crippen LogP) is 2.44. The summed E-state index contributed by atoms with van der Waals surface area (Å²) in [4.78, 5) is 10.7. The first kappa shape index (κ1) is 14.7. The first-order valence-electron chi connectivity index (χ1n) is 5.39. The van der Waals surface area contributed by atoms with E-state index >= 15 is 0 Å². The average Bonchev–Trinajstić information content (AvgIpc) is 2.01. The molecule has 15 heavy (non-hydrogen) atoms. The topological polar surface area (TPSA) is 49.3 Å². The monoisotopic (exact) mass is 235 g/mol. The van der Waals surface area contributed by atoms with Crippen molar-refractivity contribution in [1.82, 2.24) is 5.32 Å². The zero-order valence-corrected chi connectivity index (χ0v) is 10.6. The van der Waals surface area contributed by atoms with Gasteiger partial charge in [0.25, 0.3) is 0 Å². The van der Waals surface area contributed by atoms with Crippen LogP contribution in [0.4, 0.5) is 0 Å². The highest BCUT2D eigenvalue weighted by Crippen LogP contribution is 2.35. The Balaban J connectivity index is 0.00000196. The summed E-state index contributed by atoms with van der Waals surface area (Å²) < 4.78 is 0. The molecule has 1 saturated carbocycles. The van der Waals surface area contributed by atoms with Crippen LogP contribution in [0, 0.1) is 5.41 Å². The third kappa shape index (κ3) is 4.85. The Bertz CT molecular complexity index is 219.